The number of rotatable bonds is 4. The highest BCUT2D eigenvalue weighted by atomic mass is 16.6. The average Bonchev–Trinajstić information content (AvgIpc) is 3.27. The molecule has 5 heteroatoms. The SMILES string of the molecule is C=C(/C=C\C=C/C)[C@@H]1CC[C@H]2OC3(CCN(C(=O)c4ccccc4)CC3)C(=O)N21. The summed E-state index contributed by atoms with van der Waals surface area (Å²) in [4.78, 5) is 29.8. The summed E-state index contributed by atoms with van der Waals surface area (Å²) >= 11 is 0. The van der Waals surface area contributed by atoms with Crippen molar-refractivity contribution in [3.63, 3.8) is 0 Å². The van der Waals surface area contributed by atoms with Gasteiger partial charge in [-0.25, -0.2) is 0 Å². The zero-order valence-corrected chi connectivity index (χ0v) is 16.9. The number of hydrogen-bond donors (Lipinski definition) is 0. The molecule has 0 aliphatic carbocycles. The molecule has 3 aliphatic rings. The zero-order chi connectivity index (χ0) is 20.4. The first-order valence-electron chi connectivity index (χ1n) is 10.4. The fourth-order valence-corrected chi connectivity index (χ4v) is 4.64. The number of carbonyl (C=O) groups is 2. The van der Waals surface area contributed by atoms with Crippen molar-refractivity contribution < 1.29 is 14.3 Å². The molecule has 2 amide bonds. The van der Waals surface area contributed by atoms with E-state index in [1.54, 1.807) is 0 Å². The highest BCUT2D eigenvalue weighted by molar-refractivity contribution is 5.95. The number of nitrogens with zero attached hydrogens (tertiary/aromatic N) is 2. The second-order valence-electron chi connectivity index (χ2n) is 7.99. The Kier molecular flexibility index (Phi) is 5.41. The molecule has 1 aromatic carbocycles. The van der Waals surface area contributed by atoms with Gasteiger partial charge in [-0.3, -0.25) is 9.59 Å². The third-order valence-corrected chi connectivity index (χ3v) is 6.24. The fourth-order valence-electron chi connectivity index (χ4n) is 4.64. The molecule has 3 saturated heterocycles. The van der Waals surface area contributed by atoms with Crippen molar-refractivity contribution in [1.29, 1.82) is 0 Å². The van der Waals surface area contributed by atoms with Crippen molar-refractivity contribution in [2.45, 2.75) is 50.5 Å². The van der Waals surface area contributed by atoms with E-state index in [9.17, 15) is 9.59 Å². The van der Waals surface area contributed by atoms with E-state index in [-0.39, 0.29) is 24.1 Å². The molecule has 3 fully saturated rings. The Morgan fingerprint density at radius 3 is 2.59 bits per heavy atom. The van der Waals surface area contributed by atoms with Crippen LogP contribution in [0.15, 0.2) is 66.8 Å². The van der Waals surface area contributed by atoms with Gasteiger partial charge in [-0.15, -0.1) is 0 Å². The Hall–Kier alpha value is -2.66. The summed E-state index contributed by atoms with van der Waals surface area (Å²) in [5, 5.41) is 0. The molecule has 1 spiro atoms. The molecule has 29 heavy (non-hydrogen) atoms. The summed E-state index contributed by atoms with van der Waals surface area (Å²) in [5.74, 6) is 0.0872. The Bertz CT molecular complexity index is 850. The van der Waals surface area contributed by atoms with Gasteiger partial charge in [-0.05, 0) is 37.5 Å². The number of benzene rings is 1. The van der Waals surface area contributed by atoms with Crippen molar-refractivity contribution in [3.8, 4) is 0 Å². The maximum Gasteiger partial charge on any atom is 0.257 e. The fraction of sp³-hybridized carbons (Fsp3) is 0.417. The van der Waals surface area contributed by atoms with Gasteiger partial charge in [0.1, 0.15) is 6.23 Å². The summed E-state index contributed by atoms with van der Waals surface area (Å²) in [6.45, 7) is 7.22. The summed E-state index contributed by atoms with van der Waals surface area (Å²) in [6, 6.07) is 9.30. The van der Waals surface area contributed by atoms with Crippen molar-refractivity contribution >= 4 is 11.8 Å². The Morgan fingerprint density at radius 2 is 1.90 bits per heavy atom. The number of piperidine rings is 1. The van der Waals surface area contributed by atoms with E-state index in [4.69, 9.17) is 4.74 Å². The smallest absolute Gasteiger partial charge is 0.257 e. The van der Waals surface area contributed by atoms with Crippen LogP contribution in [0.5, 0.6) is 0 Å². The summed E-state index contributed by atoms with van der Waals surface area (Å²) < 4.78 is 6.33. The Labute approximate surface area is 172 Å². The van der Waals surface area contributed by atoms with Crippen molar-refractivity contribution in [2.75, 3.05) is 13.1 Å². The third kappa shape index (κ3) is 3.55. The second-order valence-corrected chi connectivity index (χ2v) is 7.99. The van der Waals surface area contributed by atoms with E-state index in [1.165, 1.54) is 0 Å². The van der Waals surface area contributed by atoms with Crippen LogP contribution in [0.3, 0.4) is 0 Å². The van der Waals surface area contributed by atoms with Crippen LogP contribution >= 0.6 is 0 Å². The molecule has 3 heterocycles. The minimum Gasteiger partial charge on any atom is -0.342 e. The molecule has 0 radical (unpaired) electrons. The summed E-state index contributed by atoms with van der Waals surface area (Å²) in [7, 11) is 0. The number of amides is 2. The van der Waals surface area contributed by atoms with Crippen LogP contribution < -0.4 is 0 Å². The number of ether oxygens (including phenoxy) is 1. The van der Waals surface area contributed by atoms with Gasteiger partial charge in [0.05, 0.1) is 6.04 Å². The highest BCUT2D eigenvalue weighted by Crippen LogP contribution is 2.44. The zero-order valence-electron chi connectivity index (χ0n) is 16.9. The largest absolute Gasteiger partial charge is 0.342 e. The van der Waals surface area contributed by atoms with Crippen LogP contribution in [0.25, 0.3) is 0 Å². The predicted octanol–water partition coefficient (Wildman–Crippen LogP) is 3.70. The Morgan fingerprint density at radius 1 is 1.17 bits per heavy atom. The molecule has 2 atom stereocenters. The van der Waals surface area contributed by atoms with Crippen LogP contribution in [0.2, 0.25) is 0 Å². The number of allylic oxidation sites excluding steroid dienone is 3. The quantitative estimate of drug-likeness (QED) is 0.734. The third-order valence-electron chi connectivity index (χ3n) is 6.24. The van der Waals surface area contributed by atoms with Crippen LogP contribution in [-0.4, -0.2) is 52.6 Å². The van der Waals surface area contributed by atoms with Crippen molar-refractivity contribution in [2.24, 2.45) is 0 Å². The number of carbonyl (C=O) groups excluding carboxylic acids is 2. The van der Waals surface area contributed by atoms with E-state index < -0.39 is 5.60 Å². The van der Waals surface area contributed by atoms with Gasteiger partial charge < -0.3 is 14.5 Å². The molecule has 4 rings (SSSR count). The van der Waals surface area contributed by atoms with E-state index in [0.29, 0.717) is 31.5 Å². The standard InChI is InChI=1S/C24H28N2O3/c1-3-4-6-9-18(2)20-12-13-21-26(20)23(28)24(29-21)14-16-25(17-15-24)22(27)19-10-7-5-8-11-19/h3-11,20-21H,2,12-17H2,1H3/b4-3-,9-6-/t20-,21+/m0/s1. The predicted molar refractivity (Wildman–Crippen MR) is 112 cm³/mol. The number of fused-ring (bicyclic) bond motifs is 1. The minimum absolute atomic E-state index is 0.00244. The van der Waals surface area contributed by atoms with Crippen molar-refractivity contribution in [3.05, 3.63) is 72.4 Å². The molecule has 152 valence electrons. The molecular weight excluding hydrogens is 364 g/mol. The van der Waals surface area contributed by atoms with E-state index >= 15 is 0 Å². The lowest BCUT2D eigenvalue weighted by Gasteiger charge is -2.37. The molecule has 1 aromatic rings. The molecule has 0 aromatic heterocycles. The van der Waals surface area contributed by atoms with Crippen LogP contribution in [-0.2, 0) is 9.53 Å². The van der Waals surface area contributed by atoms with Crippen molar-refractivity contribution in [1.82, 2.24) is 9.80 Å². The molecule has 0 unspecified atom stereocenters. The maximum absolute atomic E-state index is 13.4. The first-order chi connectivity index (χ1) is 14.1. The van der Waals surface area contributed by atoms with Gasteiger partial charge in [-0.2, -0.15) is 0 Å². The topological polar surface area (TPSA) is 49.9 Å². The minimum atomic E-state index is -0.788. The lowest BCUT2D eigenvalue weighted by atomic mass is 9.89. The van der Waals surface area contributed by atoms with Gasteiger partial charge in [0.2, 0.25) is 0 Å². The number of hydrogen-bond acceptors (Lipinski definition) is 3. The van der Waals surface area contributed by atoms with Gasteiger partial charge in [0.25, 0.3) is 11.8 Å². The Balaban J connectivity index is 1.43. The van der Waals surface area contributed by atoms with E-state index in [1.807, 2.05) is 71.4 Å². The molecule has 0 bridgehead atoms. The van der Waals surface area contributed by atoms with Gasteiger partial charge in [0.15, 0.2) is 5.60 Å². The number of likely N-dealkylation sites (tertiary alicyclic amines) is 1. The van der Waals surface area contributed by atoms with Gasteiger partial charge in [0, 0.05) is 31.5 Å². The monoisotopic (exact) mass is 392 g/mol. The maximum atomic E-state index is 13.4. The molecule has 5 nitrogen and oxygen atoms in total. The summed E-state index contributed by atoms with van der Waals surface area (Å²) in [5.41, 5.74) is 0.840. The van der Waals surface area contributed by atoms with E-state index in [0.717, 1.165) is 18.4 Å². The summed E-state index contributed by atoms with van der Waals surface area (Å²) in [6.07, 6.45) is 10.5. The lowest BCUT2D eigenvalue weighted by molar-refractivity contribution is -0.142. The van der Waals surface area contributed by atoms with Gasteiger partial charge in [-0.1, -0.05) is 49.1 Å². The average molecular weight is 392 g/mol. The van der Waals surface area contributed by atoms with Gasteiger partial charge >= 0.3 is 0 Å². The first-order valence-corrected chi connectivity index (χ1v) is 10.4. The molecule has 3 aliphatic heterocycles. The van der Waals surface area contributed by atoms with Crippen LogP contribution in [0.1, 0.15) is 43.0 Å². The normalized spacial score (nSPS) is 26.0. The van der Waals surface area contributed by atoms with Crippen LogP contribution in [0, 0.1) is 0 Å². The first kappa shape index (κ1) is 19.6. The van der Waals surface area contributed by atoms with Crippen LogP contribution in [0.4, 0.5) is 0 Å². The van der Waals surface area contributed by atoms with E-state index in [2.05, 4.69) is 6.58 Å². The molecular formula is C24H28N2O3. The lowest BCUT2D eigenvalue weighted by Crippen LogP contribution is -2.52. The molecule has 0 saturated carbocycles. The highest BCUT2D eigenvalue weighted by Gasteiger charge is 2.58. The second kappa shape index (κ2) is 7.99. The molecule has 0 N–H and O–H groups in total.